The van der Waals surface area contributed by atoms with Gasteiger partial charge in [0.25, 0.3) is 5.89 Å². The molecule has 0 spiro atoms. The molecule has 0 bridgehead atoms. The molecule has 0 aliphatic rings. The molecule has 152 valence electrons. The van der Waals surface area contributed by atoms with Gasteiger partial charge in [0.05, 0.1) is 6.20 Å². The molecule has 0 fully saturated rings. The van der Waals surface area contributed by atoms with Crippen LogP contribution in [0.3, 0.4) is 0 Å². The number of nitrogens with zero attached hydrogens (tertiary/aromatic N) is 5. The van der Waals surface area contributed by atoms with Crippen LogP contribution in [0.1, 0.15) is 21.8 Å². The largest absolute Gasteiger partial charge is 0.440 e. The minimum atomic E-state index is -0.551. The van der Waals surface area contributed by atoms with E-state index >= 15 is 0 Å². The highest BCUT2D eigenvalue weighted by Crippen LogP contribution is 2.22. The molecular weight excluding hydrogens is 389 g/mol. The van der Waals surface area contributed by atoms with E-state index in [9.17, 15) is 9.18 Å². The van der Waals surface area contributed by atoms with E-state index in [0.29, 0.717) is 22.9 Å². The average molecular weight is 407 g/mol. The first-order valence-corrected chi connectivity index (χ1v) is 9.07. The number of oxazole rings is 1. The van der Waals surface area contributed by atoms with Crippen molar-refractivity contribution < 1.29 is 13.6 Å². The van der Waals surface area contributed by atoms with Gasteiger partial charge in [-0.25, -0.2) is 19.3 Å². The van der Waals surface area contributed by atoms with E-state index in [4.69, 9.17) is 4.42 Å². The number of amides is 1. The SMILES string of the molecule is Cc1cnc(Nc2ccnn2C)nc1-c1coc(C(=O)NCc2ccccc2F)n1. The van der Waals surface area contributed by atoms with Crippen molar-refractivity contribution in [2.75, 3.05) is 5.32 Å². The first kappa shape index (κ1) is 19.2. The van der Waals surface area contributed by atoms with Crippen molar-refractivity contribution in [3.8, 4) is 11.4 Å². The lowest BCUT2D eigenvalue weighted by molar-refractivity contribution is 0.0916. The summed E-state index contributed by atoms with van der Waals surface area (Å²) < 4.78 is 20.7. The van der Waals surface area contributed by atoms with Crippen LogP contribution in [0.2, 0.25) is 0 Å². The second kappa shape index (κ2) is 8.11. The van der Waals surface area contributed by atoms with E-state index in [2.05, 4.69) is 30.7 Å². The third-order valence-electron chi connectivity index (χ3n) is 4.37. The van der Waals surface area contributed by atoms with Gasteiger partial charge in [-0.1, -0.05) is 18.2 Å². The van der Waals surface area contributed by atoms with E-state index < -0.39 is 11.7 Å². The summed E-state index contributed by atoms with van der Waals surface area (Å²) in [5.74, 6) is -0.00758. The molecule has 0 unspecified atom stereocenters. The molecule has 30 heavy (non-hydrogen) atoms. The monoisotopic (exact) mass is 407 g/mol. The number of hydrogen-bond donors (Lipinski definition) is 2. The molecule has 0 saturated heterocycles. The van der Waals surface area contributed by atoms with E-state index in [-0.39, 0.29) is 12.4 Å². The van der Waals surface area contributed by atoms with Crippen LogP contribution in [-0.4, -0.2) is 30.6 Å². The molecule has 3 heterocycles. The summed E-state index contributed by atoms with van der Waals surface area (Å²) in [5.41, 5.74) is 2.04. The minimum Gasteiger partial charge on any atom is -0.440 e. The summed E-state index contributed by atoms with van der Waals surface area (Å²) in [5, 5.41) is 9.74. The van der Waals surface area contributed by atoms with E-state index in [0.717, 1.165) is 11.4 Å². The maximum absolute atomic E-state index is 13.7. The summed E-state index contributed by atoms with van der Waals surface area (Å²) in [6.07, 6.45) is 4.65. The highest BCUT2D eigenvalue weighted by molar-refractivity contribution is 5.90. The van der Waals surface area contributed by atoms with Crippen LogP contribution in [0.4, 0.5) is 16.2 Å². The maximum atomic E-state index is 13.7. The molecule has 0 radical (unpaired) electrons. The Labute approximate surface area is 171 Å². The molecule has 4 aromatic rings. The van der Waals surface area contributed by atoms with Gasteiger partial charge in [0.1, 0.15) is 29.3 Å². The maximum Gasteiger partial charge on any atom is 0.307 e. The average Bonchev–Trinajstić information content (AvgIpc) is 3.38. The molecule has 0 aliphatic carbocycles. The fourth-order valence-corrected chi connectivity index (χ4v) is 2.75. The van der Waals surface area contributed by atoms with Crippen LogP contribution in [-0.2, 0) is 13.6 Å². The fourth-order valence-electron chi connectivity index (χ4n) is 2.75. The van der Waals surface area contributed by atoms with Gasteiger partial charge in [-0.3, -0.25) is 9.48 Å². The van der Waals surface area contributed by atoms with E-state index in [1.165, 1.54) is 12.3 Å². The number of carbonyl (C=O) groups excluding carboxylic acids is 1. The Bertz CT molecular complexity index is 1200. The number of benzene rings is 1. The first-order chi connectivity index (χ1) is 14.5. The molecule has 10 heteroatoms. The number of hydrogen-bond acceptors (Lipinski definition) is 7. The quantitative estimate of drug-likeness (QED) is 0.505. The molecule has 1 aromatic carbocycles. The summed E-state index contributed by atoms with van der Waals surface area (Å²) in [4.78, 5) is 25.3. The fraction of sp³-hybridized carbons (Fsp3) is 0.150. The van der Waals surface area contributed by atoms with Crippen LogP contribution in [0, 0.1) is 12.7 Å². The predicted molar refractivity (Wildman–Crippen MR) is 106 cm³/mol. The van der Waals surface area contributed by atoms with Gasteiger partial charge >= 0.3 is 5.91 Å². The molecule has 3 aromatic heterocycles. The molecule has 0 aliphatic heterocycles. The Balaban J connectivity index is 1.50. The topological polar surface area (TPSA) is 111 Å². The third-order valence-corrected chi connectivity index (χ3v) is 4.37. The molecule has 2 N–H and O–H groups in total. The summed E-state index contributed by atoms with van der Waals surface area (Å²) >= 11 is 0. The Hall–Kier alpha value is -4.08. The molecule has 4 rings (SSSR count). The van der Waals surface area contributed by atoms with Crippen LogP contribution >= 0.6 is 0 Å². The smallest absolute Gasteiger partial charge is 0.307 e. The van der Waals surface area contributed by atoms with Crippen molar-refractivity contribution in [3.63, 3.8) is 0 Å². The zero-order valence-corrected chi connectivity index (χ0v) is 16.3. The zero-order valence-electron chi connectivity index (χ0n) is 16.3. The number of aryl methyl sites for hydroxylation is 2. The number of halogens is 1. The van der Waals surface area contributed by atoms with E-state index in [1.54, 1.807) is 48.4 Å². The standard InChI is InChI=1S/C20H18FN7O2/c1-12-9-23-20(26-16-7-8-24-28(16)2)27-17(12)15-11-30-19(25-15)18(29)22-10-13-5-3-4-6-14(13)21/h3-9,11H,10H2,1-2H3,(H,22,29)(H,23,26,27). The molecule has 1 amide bonds. The third kappa shape index (κ3) is 4.02. The number of nitrogens with one attached hydrogen (secondary N) is 2. The summed E-state index contributed by atoms with van der Waals surface area (Å²) in [6.45, 7) is 1.85. The lowest BCUT2D eigenvalue weighted by Gasteiger charge is -2.07. The Morgan fingerprint density at radius 2 is 2.07 bits per heavy atom. The normalized spacial score (nSPS) is 10.8. The van der Waals surface area contributed by atoms with Crippen molar-refractivity contribution in [1.29, 1.82) is 0 Å². The summed E-state index contributed by atoms with van der Waals surface area (Å²) in [7, 11) is 1.79. The van der Waals surface area contributed by atoms with Crippen LogP contribution in [0.25, 0.3) is 11.4 Å². The van der Waals surface area contributed by atoms with Gasteiger partial charge in [-0.15, -0.1) is 0 Å². The van der Waals surface area contributed by atoms with Crippen LogP contribution < -0.4 is 10.6 Å². The Morgan fingerprint density at radius 1 is 1.23 bits per heavy atom. The lowest BCUT2D eigenvalue weighted by atomic mass is 10.2. The first-order valence-electron chi connectivity index (χ1n) is 9.07. The van der Waals surface area contributed by atoms with Crippen LogP contribution in [0.5, 0.6) is 0 Å². The van der Waals surface area contributed by atoms with Crippen molar-refractivity contribution in [3.05, 3.63) is 71.8 Å². The molecular formula is C20H18FN7O2. The predicted octanol–water partition coefficient (Wildman–Crippen LogP) is 2.99. The highest BCUT2D eigenvalue weighted by atomic mass is 19.1. The molecule has 0 saturated carbocycles. The number of anilines is 2. The lowest BCUT2D eigenvalue weighted by Crippen LogP contribution is -2.23. The van der Waals surface area contributed by atoms with Gasteiger partial charge < -0.3 is 15.1 Å². The minimum absolute atomic E-state index is 0.0223. The van der Waals surface area contributed by atoms with Gasteiger partial charge in [0.2, 0.25) is 5.95 Å². The molecule has 0 atom stereocenters. The van der Waals surface area contributed by atoms with Gasteiger partial charge in [0, 0.05) is 31.4 Å². The van der Waals surface area contributed by atoms with Crippen molar-refractivity contribution in [1.82, 2.24) is 30.0 Å². The van der Waals surface area contributed by atoms with Crippen molar-refractivity contribution >= 4 is 17.7 Å². The second-order valence-corrected chi connectivity index (χ2v) is 6.50. The Kier molecular flexibility index (Phi) is 5.21. The van der Waals surface area contributed by atoms with Crippen LogP contribution in [0.15, 0.2) is 53.4 Å². The van der Waals surface area contributed by atoms with Gasteiger partial charge in [-0.2, -0.15) is 5.10 Å². The highest BCUT2D eigenvalue weighted by Gasteiger charge is 2.17. The zero-order chi connectivity index (χ0) is 21.1. The number of rotatable bonds is 6. The van der Waals surface area contributed by atoms with E-state index in [1.807, 2.05) is 6.92 Å². The van der Waals surface area contributed by atoms with Crippen molar-refractivity contribution in [2.24, 2.45) is 7.05 Å². The molecule has 9 nitrogen and oxygen atoms in total. The van der Waals surface area contributed by atoms with Gasteiger partial charge in [0.15, 0.2) is 0 Å². The number of carbonyl (C=O) groups is 1. The second-order valence-electron chi connectivity index (χ2n) is 6.50. The van der Waals surface area contributed by atoms with Crippen molar-refractivity contribution in [2.45, 2.75) is 13.5 Å². The Morgan fingerprint density at radius 3 is 2.83 bits per heavy atom. The number of aromatic nitrogens is 5. The van der Waals surface area contributed by atoms with Gasteiger partial charge in [-0.05, 0) is 18.6 Å². The summed E-state index contributed by atoms with van der Waals surface area (Å²) in [6, 6.07) is 8.00.